The normalized spacial score (nSPS) is 15.6. The van der Waals surface area contributed by atoms with Crippen molar-refractivity contribution in [2.24, 2.45) is 5.92 Å². The van der Waals surface area contributed by atoms with Gasteiger partial charge < -0.3 is 5.32 Å². The number of nitriles is 1. The second-order valence-electron chi connectivity index (χ2n) is 5.31. The number of rotatable bonds is 7. The summed E-state index contributed by atoms with van der Waals surface area (Å²) in [4.78, 5) is 10.3. The molecular formula is C15H19N3O2. The lowest BCUT2D eigenvalue weighted by molar-refractivity contribution is -0.384. The molecule has 0 bridgehead atoms. The summed E-state index contributed by atoms with van der Waals surface area (Å²) in [5, 5.41) is 23.4. The summed E-state index contributed by atoms with van der Waals surface area (Å²) in [7, 11) is 0. The summed E-state index contributed by atoms with van der Waals surface area (Å²) in [6, 6.07) is 7.04. The fourth-order valence-electron chi connectivity index (χ4n) is 2.43. The summed E-state index contributed by atoms with van der Waals surface area (Å²) in [6.45, 7) is 3.10. The molecule has 0 amide bonds. The quantitative estimate of drug-likeness (QED) is 0.612. The number of non-ortho nitro benzene ring substituents is 1. The molecule has 0 radical (unpaired) electrons. The molecule has 1 aliphatic rings. The van der Waals surface area contributed by atoms with Crippen LogP contribution in [0.3, 0.4) is 0 Å². The smallest absolute Gasteiger partial charge is 0.270 e. The number of nitrogens with zero attached hydrogens (tertiary/aromatic N) is 2. The Morgan fingerprint density at radius 1 is 1.55 bits per heavy atom. The molecular weight excluding hydrogens is 254 g/mol. The van der Waals surface area contributed by atoms with Crippen molar-refractivity contribution < 1.29 is 4.92 Å². The second-order valence-corrected chi connectivity index (χ2v) is 5.31. The highest BCUT2D eigenvalue weighted by Crippen LogP contribution is 2.34. The largest absolute Gasteiger partial charge is 0.313 e. The Balaban J connectivity index is 2.14. The highest BCUT2D eigenvalue weighted by molar-refractivity contribution is 5.46. The van der Waals surface area contributed by atoms with Crippen LogP contribution < -0.4 is 5.32 Å². The van der Waals surface area contributed by atoms with Crippen molar-refractivity contribution in [3.63, 3.8) is 0 Å². The Morgan fingerprint density at radius 2 is 2.30 bits per heavy atom. The van der Waals surface area contributed by atoms with Crippen LogP contribution in [-0.4, -0.2) is 17.5 Å². The van der Waals surface area contributed by atoms with E-state index in [9.17, 15) is 15.4 Å². The predicted molar refractivity (Wildman–Crippen MR) is 76.3 cm³/mol. The Morgan fingerprint density at radius 3 is 2.85 bits per heavy atom. The van der Waals surface area contributed by atoms with Crippen LogP contribution in [0.25, 0.3) is 0 Å². The highest BCUT2D eigenvalue weighted by Gasteiger charge is 2.31. The molecule has 1 aliphatic carbocycles. The molecule has 2 rings (SSSR count). The highest BCUT2D eigenvalue weighted by atomic mass is 16.6. The van der Waals surface area contributed by atoms with Gasteiger partial charge in [-0.1, -0.05) is 13.0 Å². The van der Waals surface area contributed by atoms with E-state index in [1.807, 2.05) is 0 Å². The van der Waals surface area contributed by atoms with Gasteiger partial charge in [0.25, 0.3) is 5.69 Å². The summed E-state index contributed by atoms with van der Waals surface area (Å²) in [6.07, 6.45) is 4.31. The van der Waals surface area contributed by atoms with Gasteiger partial charge in [0, 0.05) is 18.2 Å². The fourth-order valence-corrected chi connectivity index (χ4v) is 2.43. The van der Waals surface area contributed by atoms with Gasteiger partial charge in [-0.3, -0.25) is 10.1 Å². The standard InChI is InChI=1S/C15H19N3O2/c1-2-7-17-15(11-3-4-11)9-12-5-6-14(18(19)20)8-13(12)10-16/h5-6,8,11,15,17H,2-4,7,9H2,1H3. The molecule has 1 unspecified atom stereocenters. The van der Waals surface area contributed by atoms with Crippen LogP contribution in [0.5, 0.6) is 0 Å². The van der Waals surface area contributed by atoms with Crippen molar-refractivity contribution in [3.05, 3.63) is 39.4 Å². The van der Waals surface area contributed by atoms with Gasteiger partial charge in [0.1, 0.15) is 0 Å². The zero-order valence-electron chi connectivity index (χ0n) is 11.6. The van der Waals surface area contributed by atoms with Gasteiger partial charge in [0.2, 0.25) is 0 Å². The average molecular weight is 273 g/mol. The van der Waals surface area contributed by atoms with Crippen molar-refractivity contribution in [1.29, 1.82) is 5.26 Å². The summed E-state index contributed by atoms with van der Waals surface area (Å²) < 4.78 is 0. The molecule has 1 atom stereocenters. The predicted octanol–water partition coefficient (Wildman–Crippen LogP) is 2.79. The topological polar surface area (TPSA) is 79.0 Å². The van der Waals surface area contributed by atoms with Crippen LogP contribution in [0, 0.1) is 27.4 Å². The summed E-state index contributed by atoms with van der Waals surface area (Å²) >= 11 is 0. The number of nitrogens with one attached hydrogen (secondary N) is 1. The molecule has 20 heavy (non-hydrogen) atoms. The zero-order chi connectivity index (χ0) is 14.5. The fraction of sp³-hybridized carbons (Fsp3) is 0.533. The van der Waals surface area contributed by atoms with Crippen LogP contribution in [0.15, 0.2) is 18.2 Å². The van der Waals surface area contributed by atoms with Gasteiger partial charge in [0.15, 0.2) is 0 Å². The lowest BCUT2D eigenvalue weighted by atomic mass is 9.97. The van der Waals surface area contributed by atoms with Crippen molar-refractivity contribution in [2.45, 2.75) is 38.6 Å². The molecule has 0 spiro atoms. The van der Waals surface area contributed by atoms with Gasteiger partial charge in [-0.15, -0.1) is 0 Å². The average Bonchev–Trinajstić information content (AvgIpc) is 3.27. The van der Waals surface area contributed by atoms with Crippen LogP contribution in [-0.2, 0) is 6.42 Å². The molecule has 5 nitrogen and oxygen atoms in total. The minimum Gasteiger partial charge on any atom is -0.313 e. The lowest BCUT2D eigenvalue weighted by Gasteiger charge is -2.18. The van der Waals surface area contributed by atoms with Gasteiger partial charge in [-0.25, -0.2) is 0 Å². The number of nitro groups is 1. The first-order valence-electron chi connectivity index (χ1n) is 7.06. The van der Waals surface area contributed by atoms with E-state index in [-0.39, 0.29) is 5.69 Å². The van der Waals surface area contributed by atoms with Gasteiger partial charge in [-0.2, -0.15) is 5.26 Å². The monoisotopic (exact) mass is 273 g/mol. The molecule has 0 heterocycles. The zero-order valence-corrected chi connectivity index (χ0v) is 11.6. The van der Waals surface area contributed by atoms with E-state index in [1.54, 1.807) is 6.07 Å². The molecule has 1 aromatic carbocycles. The van der Waals surface area contributed by atoms with E-state index in [0.29, 0.717) is 17.5 Å². The molecule has 1 aromatic rings. The minimum absolute atomic E-state index is 0.0187. The Hall–Kier alpha value is -1.93. The van der Waals surface area contributed by atoms with Gasteiger partial charge in [-0.05, 0) is 43.7 Å². The van der Waals surface area contributed by atoms with E-state index in [2.05, 4.69) is 18.3 Å². The molecule has 0 saturated heterocycles. The Labute approximate surface area is 118 Å². The molecule has 0 aliphatic heterocycles. The van der Waals surface area contributed by atoms with Crippen LogP contribution >= 0.6 is 0 Å². The number of nitro benzene ring substituents is 1. The third kappa shape index (κ3) is 3.55. The maximum atomic E-state index is 10.7. The Kier molecular flexibility index (Phi) is 4.70. The van der Waals surface area contributed by atoms with E-state index >= 15 is 0 Å². The second kappa shape index (κ2) is 6.49. The van der Waals surface area contributed by atoms with Gasteiger partial charge in [0.05, 0.1) is 16.6 Å². The first kappa shape index (κ1) is 14.5. The van der Waals surface area contributed by atoms with Crippen molar-refractivity contribution >= 4 is 5.69 Å². The van der Waals surface area contributed by atoms with Crippen molar-refractivity contribution in [2.75, 3.05) is 6.54 Å². The Bertz CT molecular complexity index is 532. The molecule has 1 saturated carbocycles. The van der Waals surface area contributed by atoms with E-state index < -0.39 is 4.92 Å². The molecule has 1 fully saturated rings. The first-order valence-corrected chi connectivity index (χ1v) is 7.06. The first-order chi connectivity index (χ1) is 9.65. The van der Waals surface area contributed by atoms with Crippen molar-refractivity contribution in [3.8, 4) is 6.07 Å². The maximum Gasteiger partial charge on any atom is 0.270 e. The molecule has 106 valence electrons. The number of benzene rings is 1. The van der Waals surface area contributed by atoms with Crippen LogP contribution in [0.2, 0.25) is 0 Å². The number of hydrogen-bond donors (Lipinski definition) is 1. The van der Waals surface area contributed by atoms with Crippen molar-refractivity contribution in [1.82, 2.24) is 5.32 Å². The van der Waals surface area contributed by atoms with Crippen LogP contribution in [0.1, 0.15) is 37.3 Å². The van der Waals surface area contributed by atoms with E-state index in [1.165, 1.54) is 25.0 Å². The lowest BCUT2D eigenvalue weighted by Crippen LogP contribution is -2.33. The molecule has 0 aromatic heterocycles. The summed E-state index contributed by atoms with van der Waals surface area (Å²) in [5.74, 6) is 0.684. The molecule has 5 heteroatoms. The van der Waals surface area contributed by atoms with E-state index in [4.69, 9.17) is 0 Å². The third-order valence-electron chi connectivity index (χ3n) is 3.71. The molecule has 1 N–H and O–H groups in total. The summed E-state index contributed by atoms with van der Waals surface area (Å²) in [5.41, 5.74) is 1.30. The SMILES string of the molecule is CCCNC(Cc1ccc([N+](=O)[O-])cc1C#N)C1CC1. The van der Waals surface area contributed by atoms with Crippen LogP contribution in [0.4, 0.5) is 5.69 Å². The number of hydrogen-bond acceptors (Lipinski definition) is 4. The maximum absolute atomic E-state index is 10.7. The minimum atomic E-state index is -0.460. The van der Waals surface area contributed by atoms with Gasteiger partial charge >= 0.3 is 0 Å². The third-order valence-corrected chi connectivity index (χ3v) is 3.71. The van der Waals surface area contributed by atoms with E-state index in [0.717, 1.165) is 24.9 Å².